The Morgan fingerprint density at radius 2 is 2.00 bits per heavy atom. The van der Waals surface area contributed by atoms with Gasteiger partial charge in [0.25, 0.3) is 0 Å². The quantitative estimate of drug-likeness (QED) is 0.793. The van der Waals surface area contributed by atoms with Crippen molar-refractivity contribution >= 4 is 23.1 Å². The number of aromatic nitrogens is 1. The molecular formula is C17H21N3O2S. The summed E-state index contributed by atoms with van der Waals surface area (Å²) in [5, 5.41) is 6.66. The number of anilines is 1. The molecule has 1 atom stereocenters. The summed E-state index contributed by atoms with van der Waals surface area (Å²) in [5.74, 6) is 2.06. The fraction of sp³-hybridized carbons (Fsp3) is 0.294. The van der Waals surface area contributed by atoms with Crippen LogP contribution < -0.4 is 20.1 Å². The minimum Gasteiger partial charge on any atom is -0.493 e. The third-order valence-corrected chi connectivity index (χ3v) is 3.34. The number of benzene rings is 1. The zero-order valence-corrected chi connectivity index (χ0v) is 14.3. The van der Waals surface area contributed by atoms with Crippen molar-refractivity contribution in [1.82, 2.24) is 10.3 Å². The zero-order valence-electron chi connectivity index (χ0n) is 13.5. The summed E-state index contributed by atoms with van der Waals surface area (Å²) in [6.07, 6.45) is 1.68. The van der Waals surface area contributed by atoms with Gasteiger partial charge >= 0.3 is 0 Å². The topological polar surface area (TPSA) is 55.4 Å². The maximum absolute atomic E-state index is 5.73. The molecule has 0 amide bonds. The molecule has 0 aliphatic rings. The molecule has 1 heterocycles. The lowest BCUT2D eigenvalue weighted by Crippen LogP contribution is -2.39. The molecule has 0 saturated carbocycles. The largest absolute Gasteiger partial charge is 0.493 e. The molecule has 23 heavy (non-hydrogen) atoms. The molecule has 0 fully saturated rings. The maximum atomic E-state index is 5.73. The molecule has 0 bridgehead atoms. The van der Waals surface area contributed by atoms with Crippen LogP contribution in [-0.4, -0.2) is 29.9 Å². The van der Waals surface area contributed by atoms with Gasteiger partial charge in [-0.05, 0) is 50.3 Å². The number of rotatable bonds is 6. The van der Waals surface area contributed by atoms with Gasteiger partial charge in [0.05, 0.1) is 13.2 Å². The fourth-order valence-corrected chi connectivity index (χ4v) is 2.21. The standard InChI is InChI=1S/C17H21N3O2S/c1-12-6-8-14(9-7-12)22-11-13(2)19-17(23)20-16-15(21-3)5-4-10-18-16/h4-10,13H,11H2,1-3H3,(H2,18,19,20,23). The molecule has 6 heteroatoms. The van der Waals surface area contributed by atoms with E-state index < -0.39 is 0 Å². The van der Waals surface area contributed by atoms with Gasteiger partial charge in [-0.3, -0.25) is 0 Å². The Morgan fingerprint density at radius 3 is 2.70 bits per heavy atom. The van der Waals surface area contributed by atoms with Crippen LogP contribution in [0.25, 0.3) is 0 Å². The number of nitrogens with zero attached hydrogens (tertiary/aromatic N) is 1. The Bertz CT molecular complexity index is 647. The highest BCUT2D eigenvalue weighted by Crippen LogP contribution is 2.19. The molecule has 2 aromatic rings. The lowest BCUT2D eigenvalue weighted by Gasteiger charge is -2.18. The van der Waals surface area contributed by atoms with Gasteiger partial charge in [0.1, 0.15) is 12.4 Å². The van der Waals surface area contributed by atoms with Crippen molar-refractivity contribution in [3.05, 3.63) is 48.2 Å². The molecule has 122 valence electrons. The summed E-state index contributed by atoms with van der Waals surface area (Å²) in [7, 11) is 1.59. The van der Waals surface area contributed by atoms with Gasteiger partial charge in [-0.25, -0.2) is 4.98 Å². The Labute approximate surface area is 142 Å². The highest BCUT2D eigenvalue weighted by atomic mass is 32.1. The summed E-state index contributed by atoms with van der Waals surface area (Å²) < 4.78 is 11.0. The van der Waals surface area contributed by atoms with E-state index in [4.69, 9.17) is 21.7 Å². The van der Waals surface area contributed by atoms with Gasteiger partial charge in [0.15, 0.2) is 16.7 Å². The number of hydrogen-bond donors (Lipinski definition) is 2. The second-order valence-electron chi connectivity index (χ2n) is 5.18. The van der Waals surface area contributed by atoms with E-state index in [1.165, 1.54) is 5.56 Å². The fourth-order valence-electron chi connectivity index (χ4n) is 1.91. The van der Waals surface area contributed by atoms with Crippen LogP contribution in [0.3, 0.4) is 0 Å². The van der Waals surface area contributed by atoms with Gasteiger partial charge in [0, 0.05) is 6.20 Å². The first-order chi connectivity index (χ1) is 11.1. The summed E-state index contributed by atoms with van der Waals surface area (Å²) in [4.78, 5) is 4.20. The summed E-state index contributed by atoms with van der Waals surface area (Å²) >= 11 is 5.29. The first-order valence-electron chi connectivity index (χ1n) is 7.34. The van der Waals surface area contributed by atoms with Crippen LogP contribution in [0.1, 0.15) is 12.5 Å². The molecule has 2 rings (SSSR count). The van der Waals surface area contributed by atoms with Crippen molar-refractivity contribution < 1.29 is 9.47 Å². The molecule has 0 spiro atoms. The van der Waals surface area contributed by atoms with Crippen molar-refractivity contribution in [2.24, 2.45) is 0 Å². The summed E-state index contributed by atoms with van der Waals surface area (Å²) in [6.45, 7) is 4.55. The second kappa shape index (κ2) is 8.33. The van der Waals surface area contributed by atoms with E-state index in [1.54, 1.807) is 19.4 Å². The van der Waals surface area contributed by atoms with Gasteiger partial charge in [0.2, 0.25) is 0 Å². The Morgan fingerprint density at radius 1 is 1.26 bits per heavy atom. The van der Waals surface area contributed by atoms with Crippen LogP contribution in [0, 0.1) is 6.92 Å². The highest BCUT2D eigenvalue weighted by Gasteiger charge is 2.09. The molecule has 1 unspecified atom stereocenters. The molecular weight excluding hydrogens is 310 g/mol. The van der Waals surface area contributed by atoms with Crippen LogP contribution in [-0.2, 0) is 0 Å². The van der Waals surface area contributed by atoms with Crippen LogP contribution >= 0.6 is 12.2 Å². The van der Waals surface area contributed by atoms with E-state index in [2.05, 4.69) is 15.6 Å². The molecule has 0 aliphatic heterocycles. The predicted molar refractivity (Wildman–Crippen MR) is 96.3 cm³/mol. The second-order valence-corrected chi connectivity index (χ2v) is 5.59. The first kappa shape index (κ1) is 17.0. The predicted octanol–water partition coefficient (Wildman–Crippen LogP) is 3.15. The van der Waals surface area contributed by atoms with Crippen LogP contribution in [0.15, 0.2) is 42.6 Å². The molecule has 1 aromatic carbocycles. The van der Waals surface area contributed by atoms with E-state index in [9.17, 15) is 0 Å². The van der Waals surface area contributed by atoms with Gasteiger partial charge in [-0.1, -0.05) is 17.7 Å². The number of pyridine rings is 1. The summed E-state index contributed by atoms with van der Waals surface area (Å²) in [5.41, 5.74) is 1.21. The zero-order chi connectivity index (χ0) is 16.7. The number of aryl methyl sites for hydroxylation is 1. The number of ether oxygens (including phenoxy) is 2. The van der Waals surface area contributed by atoms with Crippen molar-refractivity contribution in [2.45, 2.75) is 19.9 Å². The first-order valence-corrected chi connectivity index (χ1v) is 7.75. The number of hydrogen-bond acceptors (Lipinski definition) is 4. The third-order valence-electron chi connectivity index (χ3n) is 3.12. The van der Waals surface area contributed by atoms with E-state index in [0.29, 0.717) is 23.3 Å². The van der Waals surface area contributed by atoms with E-state index in [-0.39, 0.29) is 6.04 Å². The minimum atomic E-state index is 0.0472. The van der Waals surface area contributed by atoms with Crippen molar-refractivity contribution in [1.29, 1.82) is 0 Å². The lowest BCUT2D eigenvalue weighted by molar-refractivity contribution is 0.287. The van der Waals surface area contributed by atoms with E-state index in [0.717, 1.165) is 5.75 Å². The van der Waals surface area contributed by atoms with Crippen LogP contribution in [0.2, 0.25) is 0 Å². The molecule has 0 saturated heterocycles. The number of methoxy groups -OCH3 is 1. The number of thiocarbonyl (C=S) groups is 1. The smallest absolute Gasteiger partial charge is 0.174 e. The van der Waals surface area contributed by atoms with Crippen LogP contribution in [0.4, 0.5) is 5.82 Å². The van der Waals surface area contributed by atoms with E-state index in [1.807, 2.05) is 44.2 Å². The molecule has 1 aromatic heterocycles. The maximum Gasteiger partial charge on any atom is 0.174 e. The summed E-state index contributed by atoms with van der Waals surface area (Å²) in [6, 6.07) is 11.6. The molecule has 5 nitrogen and oxygen atoms in total. The highest BCUT2D eigenvalue weighted by molar-refractivity contribution is 7.80. The molecule has 0 aliphatic carbocycles. The molecule has 0 radical (unpaired) electrons. The van der Waals surface area contributed by atoms with Gasteiger partial charge in [-0.2, -0.15) is 0 Å². The average molecular weight is 331 g/mol. The van der Waals surface area contributed by atoms with Gasteiger partial charge in [-0.15, -0.1) is 0 Å². The normalized spacial score (nSPS) is 11.4. The van der Waals surface area contributed by atoms with Crippen molar-refractivity contribution in [3.8, 4) is 11.5 Å². The monoisotopic (exact) mass is 331 g/mol. The number of nitrogens with one attached hydrogen (secondary N) is 2. The van der Waals surface area contributed by atoms with E-state index >= 15 is 0 Å². The average Bonchev–Trinajstić information content (AvgIpc) is 2.54. The Kier molecular flexibility index (Phi) is 6.17. The van der Waals surface area contributed by atoms with Crippen LogP contribution in [0.5, 0.6) is 11.5 Å². The Hall–Kier alpha value is -2.34. The lowest BCUT2D eigenvalue weighted by atomic mass is 10.2. The SMILES string of the molecule is COc1cccnc1NC(=S)NC(C)COc1ccc(C)cc1. The van der Waals surface area contributed by atoms with Gasteiger partial charge < -0.3 is 20.1 Å². The van der Waals surface area contributed by atoms with Crippen molar-refractivity contribution in [2.75, 3.05) is 19.0 Å². The minimum absolute atomic E-state index is 0.0472. The molecule has 2 N–H and O–H groups in total. The van der Waals surface area contributed by atoms with Crippen molar-refractivity contribution in [3.63, 3.8) is 0 Å². The third kappa shape index (κ3) is 5.41. The Balaban J connectivity index is 1.81.